The molecule has 2 aromatic carbocycles. The zero-order chi connectivity index (χ0) is 21.3. The van der Waals surface area contributed by atoms with Gasteiger partial charge in [-0.25, -0.2) is 0 Å². The van der Waals surface area contributed by atoms with Gasteiger partial charge in [0, 0.05) is 42.7 Å². The van der Waals surface area contributed by atoms with E-state index < -0.39 is 0 Å². The molecule has 1 amide bonds. The summed E-state index contributed by atoms with van der Waals surface area (Å²) in [7, 11) is 1.63. The summed E-state index contributed by atoms with van der Waals surface area (Å²) in [6.45, 7) is 6.08. The highest BCUT2D eigenvalue weighted by atomic mass is 16.5. The van der Waals surface area contributed by atoms with Crippen LogP contribution < -0.4 is 15.5 Å². The number of hydrogen-bond acceptors (Lipinski definition) is 4. The first-order valence-electron chi connectivity index (χ1n) is 10.2. The second kappa shape index (κ2) is 8.32. The van der Waals surface area contributed by atoms with Gasteiger partial charge < -0.3 is 15.0 Å². The van der Waals surface area contributed by atoms with Crippen LogP contribution in [0.4, 0.5) is 0 Å². The Morgan fingerprint density at radius 3 is 2.67 bits per heavy atom. The van der Waals surface area contributed by atoms with Crippen molar-refractivity contribution in [2.45, 2.75) is 33.4 Å². The van der Waals surface area contributed by atoms with Crippen molar-refractivity contribution in [2.75, 3.05) is 20.2 Å². The van der Waals surface area contributed by atoms with Crippen LogP contribution in [0.2, 0.25) is 0 Å². The van der Waals surface area contributed by atoms with Gasteiger partial charge in [-0.05, 0) is 48.7 Å². The second-order valence-electron chi connectivity index (χ2n) is 7.93. The molecule has 0 aliphatic carbocycles. The molecular weight excluding hydrogens is 378 g/mol. The summed E-state index contributed by atoms with van der Waals surface area (Å²) < 4.78 is 5.15. The summed E-state index contributed by atoms with van der Waals surface area (Å²) in [4.78, 5) is 31.0. The first-order valence-corrected chi connectivity index (χ1v) is 10.2. The lowest BCUT2D eigenvalue weighted by Crippen LogP contribution is -2.41. The van der Waals surface area contributed by atoms with Crippen LogP contribution in [0.25, 0.3) is 10.9 Å². The maximum atomic E-state index is 13.1. The van der Waals surface area contributed by atoms with E-state index in [0.717, 1.165) is 52.0 Å². The number of benzene rings is 2. The predicted molar refractivity (Wildman–Crippen MR) is 118 cm³/mol. The third-order valence-electron chi connectivity index (χ3n) is 5.97. The maximum absolute atomic E-state index is 13.1. The van der Waals surface area contributed by atoms with Gasteiger partial charge in [0.2, 0.25) is 5.91 Å². The maximum Gasteiger partial charge on any atom is 0.234 e. The van der Waals surface area contributed by atoms with Gasteiger partial charge in [-0.1, -0.05) is 18.2 Å². The van der Waals surface area contributed by atoms with Crippen molar-refractivity contribution in [1.29, 1.82) is 0 Å². The van der Waals surface area contributed by atoms with Gasteiger partial charge >= 0.3 is 0 Å². The Bertz CT molecular complexity index is 1150. The Labute approximate surface area is 175 Å². The SMILES string of the molecule is COc1ccc(CNC(=O)CN2CCc3[nH]c4c(C)c(C)ccc4c(=O)c3C2)cc1. The molecule has 0 spiro atoms. The van der Waals surface area contributed by atoms with Crippen LogP contribution in [0.3, 0.4) is 0 Å². The van der Waals surface area contributed by atoms with Crippen LogP contribution >= 0.6 is 0 Å². The number of amides is 1. The number of fused-ring (bicyclic) bond motifs is 2. The summed E-state index contributed by atoms with van der Waals surface area (Å²) in [5.74, 6) is 0.748. The van der Waals surface area contributed by atoms with Crippen molar-refractivity contribution in [3.05, 3.63) is 74.6 Å². The number of nitrogens with one attached hydrogen (secondary N) is 2. The number of pyridine rings is 1. The second-order valence-corrected chi connectivity index (χ2v) is 7.93. The van der Waals surface area contributed by atoms with E-state index in [-0.39, 0.29) is 17.9 Å². The van der Waals surface area contributed by atoms with Crippen LogP contribution in [0, 0.1) is 13.8 Å². The average molecular weight is 405 g/mol. The van der Waals surface area contributed by atoms with E-state index in [1.54, 1.807) is 7.11 Å². The molecule has 156 valence electrons. The van der Waals surface area contributed by atoms with Gasteiger partial charge in [-0.2, -0.15) is 0 Å². The van der Waals surface area contributed by atoms with E-state index in [9.17, 15) is 9.59 Å². The lowest BCUT2D eigenvalue weighted by Gasteiger charge is -2.28. The number of methoxy groups -OCH3 is 1. The van der Waals surface area contributed by atoms with Crippen LogP contribution in [-0.4, -0.2) is 36.0 Å². The van der Waals surface area contributed by atoms with Gasteiger partial charge in [0.05, 0.1) is 19.2 Å². The molecule has 0 radical (unpaired) electrons. The number of hydrogen-bond donors (Lipinski definition) is 2. The van der Waals surface area contributed by atoms with Crippen LogP contribution in [0.15, 0.2) is 41.2 Å². The molecule has 2 heterocycles. The van der Waals surface area contributed by atoms with Gasteiger partial charge in [0.1, 0.15) is 5.75 Å². The van der Waals surface area contributed by atoms with Crippen molar-refractivity contribution in [3.8, 4) is 5.75 Å². The Hall–Kier alpha value is -3.12. The normalized spacial score (nSPS) is 13.8. The van der Waals surface area contributed by atoms with E-state index in [1.807, 2.05) is 48.2 Å². The molecule has 0 atom stereocenters. The number of aromatic nitrogens is 1. The highest BCUT2D eigenvalue weighted by Gasteiger charge is 2.23. The zero-order valence-electron chi connectivity index (χ0n) is 17.7. The molecule has 2 N–H and O–H groups in total. The largest absolute Gasteiger partial charge is 0.497 e. The van der Waals surface area contributed by atoms with Crippen LogP contribution in [0.5, 0.6) is 5.75 Å². The average Bonchev–Trinajstić information content (AvgIpc) is 2.76. The fourth-order valence-corrected chi connectivity index (χ4v) is 3.98. The van der Waals surface area contributed by atoms with Crippen molar-refractivity contribution in [2.24, 2.45) is 0 Å². The van der Waals surface area contributed by atoms with Gasteiger partial charge in [0.25, 0.3) is 0 Å². The number of aryl methyl sites for hydroxylation is 2. The minimum atomic E-state index is -0.0436. The lowest BCUT2D eigenvalue weighted by molar-refractivity contribution is -0.122. The van der Waals surface area contributed by atoms with E-state index >= 15 is 0 Å². The standard InChI is InChI=1S/C24H27N3O3/c1-15-4-9-19-23(16(15)2)26-21-10-11-27(13-20(21)24(19)29)14-22(28)25-12-17-5-7-18(30-3)8-6-17/h4-9H,10-14H2,1-3H3,(H,25,28)(H,26,29). The Kier molecular flexibility index (Phi) is 5.59. The number of carbonyl (C=O) groups is 1. The van der Waals surface area contributed by atoms with E-state index in [4.69, 9.17) is 4.74 Å². The smallest absolute Gasteiger partial charge is 0.234 e. The Balaban J connectivity index is 1.43. The number of rotatable bonds is 5. The van der Waals surface area contributed by atoms with Crippen molar-refractivity contribution in [3.63, 3.8) is 0 Å². The number of ether oxygens (including phenoxy) is 1. The summed E-state index contributed by atoms with van der Waals surface area (Å²) in [5.41, 5.74) is 6.09. The third kappa shape index (κ3) is 3.96. The summed E-state index contributed by atoms with van der Waals surface area (Å²) in [5, 5.41) is 3.68. The Morgan fingerprint density at radius 1 is 1.17 bits per heavy atom. The molecule has 6 nitrogen and oxygen atoms in total. The molecule has 1 aliphatic rings. The highest BCUT2D eigenvalue weighted by Crippen LogP contribution is 2.22. The molecule has 0 saturated heterocycles. The fraction of sp³-hybridized carbons (Fsp3) is 0.333. The third-order valence-corrected chi connectivity index (χ3v) is 5.97. The minimum Gasteiger partial charge on any atom is -0.497 e. The molecule has 0 bridgehead atoms. The first kappa shape index (κ1) is 20.2. The molecule has 6 heteroatoms. The summed E-state index contributed by atoms with van der Waals surface area (Å²) in [6.07, 6.45) is 0.736. The molecule has 3 aromatic rings. The zero-order valence-corrected chi connectivity index (χ0v) is 17.7. The molecular formula is C24H27N3O3. The quantitative estimate of drug-likeness (QED) is 0.685. The van der Waals surface area contributed by atoms with E-state index in [2.05, 4.69) is 17.2 Å². The van der Waals surface area contributed by atoms with E-state index in [1.165, 1.54) is 5.56 Å². The molecule has 0 saturated carbocycles. The van der Waals surface area contributed by atoms with Gasteiger partial charge in [-0.3, -0.25) is 14.5 Å². The monoisotopic (exact) mass is 405 g/mol. The van der Waals surface area contributed by atoms with Crippen LogP contribution in [-0.2, 0) is 24.3 Å². The number of aromatic amines is 1. The number of nitrogens with zero attached hydrogens (tertiary/aromatic N) is 1. The molecule has 4 rings (SSSR count). The summed E-state index contributed by atoms with van der Waals surface area (Å²) >= 11 is 0. The number of H-pyrrole nitrogens is 1. The first-order chi connectivity index (χ1) is 14.5. The van der Waals surface area contributed by atoms with Gasteiger partial charge in [-0.15, -0.1) is 0 Å². The van der Waals surface area contributed by atoms with Crippen molar-refractivity contribution < 1.29 is 9.53 Å². The molecule has 1 aromatic heterocycles. The predicted octanol–water partition coefficient (Wildman–Crippen LogP) is 2.83. The van der Waals surface area contributed by atoms with Gasteiger partial charge in [0.15, 0.2) is 5.43 Å². The van der Waals surface area contributed by atoms with Crippen molar-refractivity contribution in [1.82, 2.24) is 15.2 Å². The fourth-order valence-electron chi connectivity index (χ4n) is 3.98. The van der Waals surface area contributed by atoms with Crippen LogP contribution in [0.1, 0.15) is 27.9 Å². The van der Waals surface area contributed by atoms with E-state index in [0.29, 0.717) is 13.1 Å². The Morgan fingerprint density at radius 2 is 1.93 bits per heavy atom. The molecule has 30 heavy (non-hydrogen) atoms. The topological polar surface area (TPSA) is 74.4 Å². The minimum absolute atomic E-state index is 0.0436. The van der Waals surface area contributed by atoms with Crippen molar-refractivity contribution >= 4 is 16.8 Å². The summed E-state index contributed by atoms with van der Waals surface area (Å²) in [6, 6.07) is 11.5. The molecule has 1 aliphatic heterocycles. The lowest BCUT2D eigenvalue weighted by atomic mass is 9.99. The number of carbonyl (C=O) groups excluding carboxylic acids is 1. The highest BCUT2D eigenvalue weighted by molar-refractivity contribution is 5.83. The molecule has 0 fully saturated rings. The molecule has 0 unspecified atom stereocenters.